The van der Waals surface area contributed by atoms with Gasteiger partial charge in [0.2, 0.25) is 10.0 Å². The highest BCUT2D eigenvalue weighted by Crippen LogP contribution is 2.20. The Kier molecular flexibility index (Phi) is 4.04. The molecule has 0 aliphatic carbocycles. The fourth-order valence-corrected chi connectivity index (χ4v) is 3.54. The van der Waals surface area contributed by atoms with E-state index in [1.165, 1.54) is 29.5 Å². The number of nitrogen functional groups attached to an aromatic ring is 1. The number of nitrogens with one attached hydrogen (secondary N) is 1. The maximum absolute atomic E-state index is 12.1. The molecular formula is C12H12N4O2S2. The molecule has 1 aromatic heterocycles. The predicted molar refractivity (Wildman–Crippen MR) is 76.4 cm³/mol. The number of aromatic nitrogens is 1. The first-order chi connectivity index (χ1) is 9.42. The summed E-state index contributed by atoms with van der Waals surface area (Å²) in [5.41, 5.74) is 6.05. The molecule has 0 bridgehead atoms. The van der Waals surface area contributed by atoms with E-state index in [-0.39, 0.29) is 17.1 Å². The topological polar surface area (TPSA) is 109 Å². The Morgan fingerprint density at radius 3 is 2.80 bits per heavy atom. The largest absolute Gasteiger partial charge is 0.398 e. The van der Waals surface area contributed by atoms with E-state index in [2.05, 4.69) is 9.71 Å². The van der Waals surface area contributed by atoms with Gasteiger partial charge in [0.05, 0.1) is 22.3 Å². The normalized spacial score (nSPS) is 11.2. The number of nitrogens with zero attached hydrogens (tertiary/aromatic N) is 2. The molecule has 8 heteroatoms. The smallest absolute Gasteiger partial charge is 0.242 e. The van der Waals surface area contributed by atoms with Crippen molar-refractivity contribution in [3.05, 3.63) is 39.8 Å². The molecule has 0 atom stereocenters. The average molecular weight is 308 g/mol. The van der Waals surface area contributed by atoms with Gasteiger partial charge in [-0.1, -0.05) is 0 Å². The zero-order valence-electron chi connectivity index (χ0n) is 10.6. The summed E-state index contributed by atoms with van der Waals surface area (Å²) >= 11 is 1.42. The number of rotatable bonds is 4. The van der Waals surface area contributed by atoms with Gasteiger partial charge in [0.25, 0.3) is 0 Å². The standard InChI is InChI=1S/C12H12N4O2S2/c1-8-15-6-10(19-8)7-16-20(17,18)12-3-2-9(5-13)4-11(12)14/h2-4,6,16H,7,14H2,1H3. The number of aryl methyl sites for hydroxylation is 1. The van der Waals surface area contributed by atoms with Crippen LogP contribution in [0.25, 0.3) is 0 Å². The van der Waals surface area contributed by atoms with Crippen LogP contribution in [0.3, 0.4) is 0 Å². The number of hydrogen-bond donors (Lipinski definition) is 2. The van der Waals surface area contributed by atoms with Crippen LogP contribution < -0.4 is 10.5 Å². The number of thiazole rings is 1. The lowest BCUT2D eigenvalue weighted by atomic mass is 10.2. The van der Waals surface area contributed by atoms with Gasteiger partial charge >= 0.3 is 0 Å². The Morgan fingerprint density at radius 2 is 2.25 bits per heavy atom. The Hall–Kier alpha value is -1.95. The first-order valence-corrected chi connectivity index (χ1v) is 7.93. The molecule has 0 saturated carbocycles. The minimum absolute atomic E-state index is 0.0299. The van der Waals surface area contributed by atoms with Crippen molar-refractivity contribution in [2.24, 2.45) is 0 Å². The molecule has 6 nitrogen and oxygen atoms in total. The third-order valence-corrected chi connectivity index (χ3v) is 4.92. The minimum Gasteiger partial charge on any atom is -0.398 e. The predicted octanol–water partition coefficient (Wildman–Crippen LogP) is 1.38. The van der Waals surface area contributed by atoms with E-state index < -0.39 is 10.0 Å². The lowest BCUT2D eigenvalue weighted by molar-refractivity contribution is 0.582. The van der Waals surface area contributed by atoms with E-state index in [0.717, 1.165) is 9.88 Å². The summed E-state index contributed by atoms with van der Waals surface area (Å²) in [5.74, 6) is 0. The molecule has 0 saturated heterocycles. The number of anilines is 1. The molecule has 0 aliphatic heterocycles. The van der Waals surface area contributed by atoms with Gasteiger partial charge in [-0.05, 0) is 25.1 Å². The third kappa shape index (κ3) is 3.14. The Bertz CT molecular complexity index is 775. The lowest BCUT2D eigenvalue weighted by Crippen LogP contribution is -2.23. The molecule has 3 N–H and O–H groups in total. The Labute approximate surface area is 120 Å². The van der Waals surface area contributed by atoms with Crippen LogP contribution in [0, 0.1) is 18.3 Å². The van der Waals surface area contributed by atoms with Crippen molar-refractivity contribution < 1.29 is 8.42 Å². The molecule has 0 aliphatic rings. The molecule has 0 amide bonds. The van der Waals surface area contributed by atoms with Crippen molar-refractivity contribution in [3.63, 3.8) is 0 Å². The fourth-order valence-electron chi connectivity index (χ4n) is 1.59. The molecule has 2 aromatic rings. The summed E-state index contributed by atoms with van der Waals surface area (Å²) in [6.07, 6.45) is 1.63. The summed E-state index contributed by atoms with van der Waals surface area (Å²) in [6.45, 7) is 2.01. The molecule has 0 fully saturated rings. The van der Waals surface area contributed by atoms with E-state index in [9.17, 15) is 8.42 Å². The van der Waals surface area contributed by atoms with Crippen LogP contribution in [0.1, 0.15) is 15.4 Å². The van der Waals surface area contributed by atoms with E-state index in [0.29, 0.717) is 5.56 Å². The van der Waals surface area contributed by atoms with Gasteiger partial charge in [0.1, 0.15) is 4.90 Å². The van der Waals surface area contributed by atoms with Crippen LogP contribution in [0.2, 0.25) is 0 Å². The second-order valence-corrected chi connectivity index (χ2v) is 7.09. The van der Waals surface area contributed by atoms with E-state index in [1.807, 2.05) is 13.0 Å². The van der Waals surface area contributed by atoms with Crippen LogP contribution in [0.4, 0.5) is 5.69 Å². The van der Waals surface area contributed by atoms with Gasteiger partial charge in [0.15, 0.2) is 0 Å². The number of nitriles is 1. The van der Waals surface area contributed by atoms with Crippen molar-refractivity contribution >= 4 is 27.0 Å². The molecule has 1 heterocycles. The van der Waals surface area contributed by atoms with Crippen LogP contribution in [-0.2, 0) is 16.6 Å². The van der Waals surface area contributed by atoms with Crippen LogP contribution >= 0.6 is 11.3 Å². The van der Waals surface area contributed by atoms with Crippen molar-refractivity contribution in [1.82, 2.24) is 9.71 Å². The molecule has 20 heavy (non-hydrogen) atoms. The first kappa shape index (κ1) is 14.5. The summed E-state index contributed by atoms with van der Waals surface area (Å²) in [6, 6.07) is 5.99. The van der Waals surface area contributed by atoms with E-state index >= 15 is 0 Å². The molecule has 0 spiro atoms. The molecule has 0 radical (unpaired) electrons. The highest BCUT2D eigenvalue weighted by atomic mass is 32.2. The Balaban J connectivity index is 2.20. The number of nitrogens with two attached hydrogens (primary N) is 1. The van der Waals surface area contributed by atoms with Crippen molar-refractivity contribution in [2.45, 2.75) is 18.4 Å². The van der Waals surface area contributed by atoms with Crippen LogP contribution in [-0.4, -0.2) is 13.4 Å². The van der Waals surface area contributed by atoms with Crippen LogP contribution in [0.15, 0.2) is 29.3 Å². The van der Waals surface area contributed by atoms with E-state index in [4.69, 9.17) is 11.0 Å². The van der Waals surface area contributed by atoms with Gasteiger partial charge in [-0.2, -0.15) is 5.26 Å². The number of hydrogen-bond acceptors (Lipinski definition) is 6. The quantitative estimate of drug-likeness (QED) is 0.829. The highest BCUT2D eigenvalue weighted by molar-refractivity contribution is 7.89. The summed E-state index contributed by atoms with van der Waals surface area (Å²) < 4.78 is 26.7. The molecule has 0 unspecified atom stereocenters. The van der Waals surface area contributed by atoms with E-state index in [1.54, 1.807) is 6.20 Å². The maximum Gasteiger partial charge on any atom is 0.242 e. The molecule has 104 valence electrons. The Morgan fingerprint density at radius 1 is 1.50 bits per heavy atom. The number of benzene rings is 1. The van der Waals surface area contributed by atoms with Crippen molar-refractivity contribution in [3.8, 4) is 6.07 Å². The zero-order chi connectivity index (χ0) is 14.8. The SMILES string of the molecule is Cc1ncc(CNS(=O)(=O)c2ccc(C#N)cc2N)s1. The van der Waals surface area contributed by atoms with Gasteiger partial charge in [-0.25, -0.2) is 18.1 Å². The second-order valence-electron chi connectivity index (χ2n) is 4.03. The minimum atomic E-state index is -3.71. The van der Waals surface area contributed by atoms with Gasteiger partial charge in [-0.15, -0.1) is 11.3 Å². The second kappa shape index (κ2) is 5.58. The van der Waals surface area contributed by atoms with Crippen molar-refractivity contribution in [2.75, 3.05) is 5.73 Å². The average Bonchev–Trinajstić information content (AvgIpc) is 2.82. The van der Waals surface area contributed by atoms with Gasteiger partial charge in [0, 0.05) is 17.6 Å². The van der Waals surface area contributed by atoms with Crippen LogP contribution in [0.5, 0.6) is 0 Å². The maximum atomic E-state index is 12.1. The number of sulfonamides is 1. The molecular weight excluding hydrogens is 296 g/mol. The summed E-state index contributed by atoms with van der Waals surface area (Å²) in [5, 5.41) is 9.61. The molecule has 1 aromatic carbocycles. The van der Waals surface area contributed by atoms with Gasteiger partial charge < -0.3 is 5.73 Å². The van der Waals surface area contributed by atoms with Crippen molar-refractivity contribution in [1.29, 1.82) is 5.26 Å². The summed E-state index contributed by atoms with van der Waals surface area (Å²) in [4.78, 5) is 4.84. The fraction of sp³-hybridized carbons (Fsp3) is 0.167. The third-order valence-electron chi connectivity index (χ3n) is 2.53. The summed E-state index contributed by atoms with van der Waals surface area (Å²) in [7, 11) is -3.71. The first-order valence-electron chi connectivity index (χ1n) is 5.63. The van der Waals surface area contributed by atoms with Gasteiger partial charge in [-0.3, -0.25) is 0 Å². The molecule has 2 rings (SSSR count). The monoisotopic (exact) mass is 308 g/mol. The highest BCUT2D eigenvalue weighted by Gasteiger charge is 2.17. The zero-order valence-corrected chi connectivity index (χ0v) is 12.3. The lowest BCUT2D eigenvalue weighted by Gasteiger charge is -2.08.